The molecule has 9 nitrogen and oxygen atoms in total. The molecule has 0 unspecified atom stereocenters. The van der Waals surface area contributed by atoms with Crippen molar-refractivity contribution in [1.29, 1.82) is 0 Å². The number of carbonyl (C=O) groups is 1. The Bertz CT molecular complexity index is 1920. The molecule has 5 aromatic rings. The molecule has 0 spiro atoms. The number of aryl methyl sites for hydroxylation is 1. The second-order valence-corrected chi connectivity index (χ2v) is 11.9. The number of rotatable bonds is 7. The number of anilines is 1. The van der Waals surface area contributed by atoms with Crippen LogP contribution < -0.4 is 10.1 Å². The number of alkyl halides is 3. The van der Waals surface area contributed by atoms with E-state index in [4.69, 9.17) is 27.9 Å². The number of ether oxygens (including phenoxy) is 1. The molecule has 0 saturated carbocycles. The minimum atomic E-state index is -4.60. The molecular formula is C32H28Cl2F3N7O2. The average molecular weight is 671 g/mol. The summed E-state index contributed by atoms with van der Waals surface area (Å²) in [5.74, 6) is -0.0338. The summed E-state index contributed by atoms with van der Waals surface area (Å²) in [6.45, 7) is 3.07. The summed E-state index contributed by atoms with van der Waals surface area (Å²) in [5, 5.41) is 3.14. The van der Waals surface area contributed by atoms with Gasteiger partial charge >= 0.3 is 6.18 Å². The smallest absolute Gasteiger partial charge is 0.416 e. The molecule has 3 aromatic carbocycles. The van der Waals surface area contributed by atoms with Gasteiger partial charge < -0.3 is 19.5 Å². The van der Waals surface area contributed by atoms with Crippen LogP contribution in [0.1, 0.15) is 21.5 Å². The van der Waals surface area contributed by atoms with Crippen molar-refractivity contribution in [2.24, 2.45) is 7.05 Å². The summed E-state index contributed by atoms with van der Waals surface area (Å²) in [6, 6.07) is 15.2. The predicted octanol–water partition coefficient (Wildman–Crippen LogP) is 7.15. The number of carbonyl (C=O) groups excluding carboxylic acids is 1. The molecule has 1 N–H and O–H groups in total. The standard InChI is InChI=1S/C32H28Cl2F3N7O2/c1-42-10-12-44(13-11-42)17-20-6-7-22(15-25(20)32(35,36)37)39-30(45)24-16-23(8-9-26(24)34)46-31-27-29(43(2)18-38-27)40-28(41-31)19-4-3-5-21(33)14-19/h3-9,14-16,18H,10-13,17H2,1-2H3,(H,39,45). The highest BCUT2D eigenvalue weighted by molar-refractivity contribution is 6.34. The monoisotopic (exact) mass is 669 g/mol. The zero-order valence-electron chi connectivity index (χ0n) is 24.8. The van der Waals surface area contributed by atoms with Gasteiger partial charge in [0.2, 0.25) is 0 Å². The highest BCUT2D eigenvalue weighted by atomic mass is 35.5. The van der Waals surface area contributed by atoms with Crippen molar-refractivity contribution in [3.63, 3.8) is 0 Å². The number of nitrogens with one attached hydrogen (secondary N) is 1. The minimum absolute atomic E-state index is 0.00405. The van der Waals surface area contributed by atoms with Gasteiger partial charge in [-0.2, -0.15) is 18.2 Å². The third-order valence-electron chi connectivity index (χ3n) is 7.67. The van der Waals surface area contributed by atoms with Gasteiger partial charge in [-0.25, -0.2) is 9.97 Å². The predicted molar refractivity (Wildman–Crippen MR) is 170 cm³/mol. The molecule has 238 valence electrons. The molecule has 0 bridgehead atoms. The first-order chi connectivity index (χ1) is 21.9. The summed E-state index contributed by atoms with van der Waals surface area (Å²) in [6.07, 6.45) is -3.04. The van der Waals surface area contributed by atoms with E-state index in [1.807, 2.05) is 11.9 Å². The van der Waals surface area contributed by atoms with Crippen molar-refractivity contribution in [2.75, 3.05) is 38.5 Å². The summed E-state index contributed by atoms with van der Waals surface area (Å²) < 4.78 is 50.1. The van der Waals surface area contributed by atoms with Crippen molar-refractivity contribution >= 4 is 46.0 Å². The Morgan fingerprint density at radius 1 is 0.978 bits per heavy atom. The first-order valence-corrected chi connectivity index (χ1v) is 15.0. The number of amides is 1. The van der Waals surface area contributed by atoms with Gasteiger partial charge in [0.05, 0.1) is 22.5 Å². The van der Waals surface area contributed by atoms with E-state index >= 15 is 0 Å². The Kier molecular flexibility index (Phi) is 8.88. The van der Waals surface area contributed by atoms with E-state index < -0.39 is 17.6 Å². The first-order valence-electron chi connectivity index (χ1n) is 14.3. The first kappa shape index (κ1) is 31.7. The number of fused-ring (bicyclic) bond motifs is 1. The molecule has 2 aromatic heterocycles. The quantitative estimate of drug-likeness (QED) is 0.197. The minimum Gasteiger partial charge on any atom is -0.437 e. The molecule has 1 aliphatic heterocycles. The second-order valence-electron chi connectivity index (χ2n) is 11.0. The van der Waals surface area contributed by atoms with E-state index in [9.17, 15) is 18.0 Å². The molecule has 1 aliphatic rings. The lowest BCUT2D eigenvalue weighted by molar-refractivity contribution is -0.138. The summed E-state index contributed by atoms with van der Waals surface area (Å²) in [7, 11) is 3.76. The van der Waals surface area contributed by atoms with Crippen molar-refractivity contribution in [3.05, 3.63) is 93.7 Å². The van der Waals surface area contributed by atoms with Gasteiger partial charge in [0.25, 0.3) is 11.8 Å². The van der Waals surface area contributed by atoms with Gasteiger partial charge in [-0.05, 0) is 55.1 Å². The van der Waals surface area contributed by atoms with Crippen LogP contribution in [-0.4, -0.2) is 68.5 Å². The van der Waals surface area contributed by atoms with E-state index in [0.29, 0.717) is 40.7 Å². The van der Waals surface area contributed by atoms with Crippen LogP contribution in [0.2, 0.25) is 10.0 Å². The second kappa shape index (κ2) is 12.9. The van der Waals surface area contributed by atoms with Crippen LogP contribution in [0.25, 0.3) is 22.6 Å². The Hall–Kier alpha value is -4.23. The lowest BCUT2D eigenvalue weighted by Gasteiger charge is -2.33. The molecule has 14 heteroatoms. The zero-order chi connectivity index (χ0) is 32.6. The number of imidazole rings is 1. The molecule has 46 heavy (non-hydrogen) atoms. The fourth-order valence-corrected chi connectivity index (χ4v) is 5.56. The topological polar surface area (TPSA) is 88.4 Å². The van der Waals surface area contributed by atoms with Gasteiger partial charge in [0.15, 0.2) is 17.0 Å². The van der Waals surface area contributed by atoms with Crippen LogP contribution in [-0.2, 0) is 19.8 Å². The number of piperazine rings is 1. The molecule has 1 saturated heterocycles. The van der Waals surface area contributed by atoms with E-state index in [0.717, 1.165) is 19.2 Å². The third-order valence-corrected chi connectivity index (χ3v) is 8.24. The molecule has 3 heterocycles. The van der Waals surface area contributed by atoms with Crippen molar-refractivity contribution in [3.8, 4) is 23.0 Å². The Labute approximate surface area is 272 Å². The molecular weight excluding hydrogens is 642 g/mol. The number of hydrogen-bond acceptors (Lipinski definition) is 7. The molecule has 6 rings (SSSR count). The maximum atomic E-state index is 14.1. The van der Waals surface area contributed by atoms with E-state index in [1.165, 1.54) is 24.3 Å². The highest BCUT2D eigenvalue weighted by Crippen LogP contribution is 2.36. The normalized spacial score (nSPS) is 14.5. The zero-order valence-corrected chi connectivity index (χ0v) is 26.3. The Balaban J connectivity index is 1.26. The number of hydrogen-bond donors (Lipinski definition) is 1. The van der Waals surface area contributed by atoms with Gasteiger partial charge in [0, 0.05) is 56.0 Å². The largest absolute Gasteiger partial charge is 0.437 e. The van der Waals surface area contributed by atoms with Crippen LogP contribution in [0, 0.1) is 0 Å². The van der Waals surface area contributed by atoms with Crippen LogP contribution in [0.5, 0.6) is 11.6 Å². The Morgan fingerprint density at radius 3 is 2.50 bits per heavy atom. The third kappa shape index (κ3) is 6.95. The van der Waals surface area contributed by atoms with Gasteiger partial charge in [-0.15, -0.1) is 0 Å². The number of likely N-dealkylation sites (N-methyl/N-ethyl adjacent to an activating group) is 1. The number of nitrogens with zero attached hydrogens (tertiary/aromatic N) is 6. The number of halogens is 5. The molecule has 0 aliphatic carbocycles. The van der Waals surface area contributed by atoms with Crippen LogP contribution in [0.4, 0.5) is 18.9 Å². The summed E-state index contributed by atoms with van der Waals surface area (Å²) in [5.41, 5.74) is 0.866. The fourth-order valence-electron chi connectivity index (χ4n) is 5.16. The number of benzene rings is 3. The SMILES string of the molecule is CN1CCN(Cc2ccc(NC(=O)c3cc(Oc4nc(-c5cccc(Cl)c5)nc5c4ncn5C)ccc3Cl)cc2C(F)(F)F)CC1. The van der Waals surface area contributed by atoms with Crippen molar-refractivity contribution < 1.29 is 22.7 Å². The van der Waals surface area contributed by atoms with E-state index in [-0.39, 0.29) is 40.0 Å². The molecule has 0 atom stereocenters. The summed E-state index contributed by atoms with van der Waals surface area (Å²) >= 11 is 12.5. The van der Waals surface area contributed by atoms with E-state index in [1.54, 1.807) is 48.3 Å². The van der Waals surface area contributed by atoms with Gasteiger partial charge in [-0.1, -0.05) is 41.4 Å². The molecule has 1 fully saturated rings. The molecule has 1 amide bonds. The summed E-state index contributed by atoms with van der Waals surface area (Å²) in [4.78, 5) is 31.0. The highest BCUT2D eigenvalue weighted by Gasteiger charge is 2.34. The van der Waals surface area contributed by atoms with Gasteiger partial charge in [-0.3, -0.25) is 9.69 Å². The maximum absolute atomic E-state index is 14.1. The number of aromatic nitrogens is 4. The van der Waals surface area contributed by atoms with Crippen molar-refractivity contribution in [1.82, 2.24) is 29.3 Å². The average Bonchev–Trinajstić information content (AvgIpc) is 3.40. The lowest BCUT2D eigenvalue weighted by Crippen LogP contribution is -2.44. The Morgan fingerprint density at radius 2 is 1.76 bits per heavy atom. The van der Waals surface area contributed by atoms with Crippen LogP contribution >= 0.6 is 23.2 Å². The maximum Gasteiger partial charge on any atom is 0.416 e. The fraction of sp³-hybridized carbons (Fsp3) is 0.250. The molecule has 0 radical (unpaired) electrons. The van der Waals surface area contributed by atoms with Crippen molar-refractivity contribution in [2.45, 2.75) is 12.7 Å². The van der Waals surface area contributed by atoms with Gasteiger partial charge in [0.1, 0.15) is 5.75 Å². The van der Waals surface area contributed by atoms with E-state index in [2.05, 4.69) is 25.2 Å². The van der Waals surface area contributed by atoms with Crippen LogP contribution in [0.3, 0.4) is 0 Å². The van der Waals surface area contributed by atoms with Crippen LogP contribution in [0.15, 0.2) is 67.0 Å². The lowest BCUT2D eigenvalue weighted by atomic mass is 10.0.